The van der Waals surface area contributed by atoms with Crippen molar-refractivity contribution in [3.63, 3.8) is 0 Å². The van der Waals surface area contributed by atoms with Gasteiger partial charge >= 0.3 is 11.9 Å². The number of rotatable bonds is 6. The lowest BCUT2D eigenvalue weighted by molar-refractivity contribution is -0.132. The van der Waals surface area contributed by atoms with E-state index in [1.165, 1.54) is 14.2 Å². The summed E-state index contributed by atoms with van der Waals surface area (Å²) in [6.07, 6.45) is 0. The molecule has 25 heavy (non-hydrogen) atoms. The Kier molecular flexibility index (Phi) is 6.28. The highest BCUT2D eigenvalue weighted by molar-refractivity contribution is 6.43. The van der Waals surface area contributed by atoms with Crippen molar-refractivity contribution < 1.29 is 23.9 Å². The van der Waals surface area contributed by atoms with Crippen molar-refractivity contribution in [1.82, 2.24) is 0 Å². The molecule has 6 nitrogen and oxygen atoms in total. The molecule has 0 heterocycles. The zero-order valence-corrected chi connectivity index (χ0v) is 14.3. The van der Waals surface area contributed by atoms with Crippen LogP contribution >= 0.6 is 0 Å². The first-order valence-corrected chi connectivity index (χ1v) is 7.59. The number of methoxy groups -OCH3 is 1. The van der Waals surface area contributed by atoms with Gasteiger partial charge in [-0.3, -0.25) is 0 Å². The molecule has 0 fully saturated rings. The summed E-state index contributed by atoms with van der Waals surface area (Å²) in [7, 11) is 2.60. The van der Waals surface area contributed by atoms with Crippen LogP contribution < -0.4 is 0 Å². The van der Waals surface area contributed by atoms with E-state index in [0.29, 0.717) is 16.7 Å². The number of carbonyl (C=O) groups excluding carboxylic acids is 2. The molecule has 0 saturated carbocycles. The standard InChI is InChI=1S/C19H19NO5/c1-13-8-4-6-10-15(13)18(21)25-12-14-9-5-7-11-16(14)17(20-24-3)19(22)23-2/h4-11H,12H2,1-3H3/b20-17+. The van der Waals surface area contributed by atoms with Gasteiger partial charge in [0, 0.05) is 5.56 Å². The topological polar surface area (TPSA) is 74.2 Å². The summed E-state index contributed by atoms with van der Waals surface area (Å²) in [5.41, 5.74) is 2.43. The van der Waals surface area contributed by atoms with Crippen LogP contribution in [0.1, 0.15) is 27.0 Å². The number of esters is 2. The summed E-state index contributed by atoms with van der Waals surface area (Å²) in [5.74, 6) is -1.07. The molecule has 0 aromatic heterocycles. The molecule has 0 spiro atoms. The van der Waals surface area contributed by atoms with E-state index in [2.05, 4.69) is 5.16 Å². The van der Waals surface area contributed by atoms with Crippen molar-refractivity contribution in [2.45, 2.75) is 13.5 Å². The highest BCUT2D eigenvalue weighted by Crippen LogP contribution is 2.15. The normalized spacial score (nSPS) is 10.9. The first kappa shape index (κ1) is 18.2. The van der Waals surface area contributed by atoms with Crippen LogP contribution in [0.15, 0.2) is 53.7 Å². The molecule has 0 radical (unpaired) electrons. The summed E-state index contributed by atoms with van der Waals surface area (Å²) in [6, 6.07) is 14.1. The van der Waals surface area contributed by atoms with Crippen molar-refractivity contribution in [2.75, 3.05) is 14.2 Å². The predicted molar refractivity (Wildman–Crippen MR) is 92.3 cm³/mol. The molecule has 0 aliphatic rings. The summed E-state index contributed by atoms with van der Waals surface area (Å²) >= 11 is 0. The average molecular weight is 341 g/mol. The molecule has 2 rings (SSSR count). The number of hydrogen-bond donors (Lipinski definition) is 0. The molecular formula is C19H19NO5. The minimum absolute atomic E-state index is 0.00698. The van der Waals surface area contributed by atoms with Gasteiger partial charge in [0.25, 0.3) is 0 Å². The Morgan fingerprint density at radius 3 is 2.24 bits per heavy atom. The third kappa shape index (κ3) is 4.44. The molecule has 0 aliphatic heterocycles. The number of oxime groups is 1. The van der Waals surface area contributed by atoms with Crippen LogP contribution in [-0.2, 0) is 25.7 Å². The summed E-state index contributed by atoms with van der Waals surface area (Å²) in [5, 5.41) is 3.73. The summed E-state index contributed by atoms with van der Waals surface area (Å²) in [4.78, 5) is 28.9. The molecule has 0 unspecified atom stereocenters. The van der Waals surface area contributed by atoms with Gasteiger partial charge in [0.15, 0.2) is 5.71 Å². The van der Waals surface area contributed by atoms with Crippen LogP contribution in [0.4, 0.5) is 0 Å². The van der Waals surface area contributed by atoms with Crippen molar-refractivity contribution >= 4 is 17.7 Å². The van der Waals surface area contributed by atoms with E-state index in [-0.39, 0.29) is 12.3 Å². The zero-order valence-electron chi connectivity index (χ0n) is 14.3. The molecule has 2 aromatic rings. The smallest absolute Gasteiger partial charge is 0.360 e. The van der Waals surface area contributed by atoms with Gasteiger partial charge in [0.05, 0.1) is 12.7 Å². The lowest BCUT2D eigenvalue weighted by Crippen LogP contribution is -2.20. The number of hydrogen-bond acceptors (Lipinski definition) is 6. The Morgan fingerprint density at radius 1 is 0.960 bits per heavy atom. The van der Waals surface area contributed by atoms with Gasteiger partial charge in [-0.15, -0.1) is 0 Å². The average Bonchev–Trinajstić information content (AvgIpc) is 2.64. The van der Waals surface area contributed by atoms with Crippen LogP contribution in [0.3, 0.4) is 0 Å². The Labute approximate surface area is 146 Å². The second kappa shape index (κ2) is 8.63. The molecular weight excluding hydrogens is 322 g/mol. The molecule has 0 N–H and O–H groups in total. The second-order valence-electron chi connectivity index (χ2n) is 5.16. The fourth-order valence-corrected chi connectivity index (χ4v) is 2.28. The monoisotopic (exact) mass is 341 g/mol. The van der Waals surface area contributed by atoms with Gasteiger partial charge < -0.3 is 14.3 Å². The zero-order chi connectivity index (χ0) is 18.2. The van der Waals surface area contributed by atoms with E-state index in [4.69, 9.17) is 14.3 Å². The van der Waals surface area contributed by atoms with Crippen molar-refractivity contribution in [1.29, 1.82) is 0 Å². The highest BCUT2D eigenvalue weighted by atomic mass is 16.6. The number of ether oxygens (including phenoxy) is 2. The van der Waals surface area contributed by atoms with E-state index in [1.807, 2.05) is 19.1 Å². The van der Waals surface area contributed by atoms with Crippen LogP contribution in [0, 0.1) is 6.92 Å². The number of carbonyl (C=O) groups is 2. The van der Waals surface area contributed by atoms with Gasteiger partial charge in [0.1, 0.15) is 13.7 Å². The number of benzene rings is 2. The first-order valence-electron chi connectivity index (χ1n) is 7.59. The molecule has 0 amide bonds. The van der Waals surface area contributed by atoms with Crippen molar-refractivity contribution in [2.24, 2.45) is 5.16 Å². The van der Waals surface area contributed by atoms with Crippen molar-refractivity contribution in [3.05, 3.63) is 70.8 Å². The van der Waals surface area contributed by atoms with Gasteiger partial charge in [-0.1, -0.05) is 47.6 Å². The maximum absolute atomic E-state index is 12.3. The van der Waals surface area contributed by atoms with Gasteiger partial charge in [-0.25, -0.2) is 9.59 Å². The van der Waals surface area contributed by atoms with E-state index >= 15 is 0 Å². The van der Waals surface area contributed by atoms with Crippen LogP contribution in [0.5, 0.6) is 0 Å². The van der Waals surface area contributed by atoms with Crippen LogP contribution in [0.2, 0.25) is 0 Å². The fourth-order valence-electron chi connectivity index (χ4n) is 2.28. The molecule has 2 aromatic carbocycles. The van der Waals surface area contributed by atoms with Crippen molar-refractivity contribution in [3.8, 4) is 0 Å². The molecule has 6 heteroatoms. The highest BCUT2D eigenvalue weighted by Gasteiger charge is 2.20. The Bertz CT molecular complexity index is 798. The fraction of sp³-hybridized carbons (Fsp3) is 0.211. The number of aryl methyl sites for hydroxylation is 1. The Morgan fingerprint density at radius 2 is 1.60 bits per heavy atom. The second-order valence-corrected chi connectivity index (χ2v) is 5.16. The van der Waals surface area contributed by atoms with Crippen LogP contribution in [-0.4, -0.2) is 31.9 Å². The first-order chi connectivity index (χ1) is 12.1. The van der Waals surface area contributed by atoms with Gasteiger partial charge in [0.2, 0.25) is 0 Å². The quantitative estimate of drug-likeness (QED) is 0.459. The molecule has 0 aliphatic carbocycles. The van der Waals surface area contributed by atoms with E-state index in [1.54, 1.807) is 36.4 Å². The maximum atomic E-state index is 12.3. The lowest BCUT2D eigenvalue weighted by Gasteiger charge is -2.11. The third-order valence-electron chi connectivity index (χ3n) is 3.56. The maximum Gasteiger partial charge on any atom is 0.360 e. The summed E-state index contributed by atoms with van der Waals surface area (Å²) in [6.45, 7) is 1.83. The molecule has 130 valence electrons. The third-order valence-corrected chi connectivity index (χ3v) is 3.56. The SMILES string of the molecule is CO/N=C(/C(=O)OC)c1ccccc1COC(=O)c1ccccc1C. The number of nitrogens with zero attached hydrogens (tertiary/aromatic N) is 1. The van der Waals surface area contributed by atoms with E-state index in [9.17, 15) is 9.59 Å². The predicted octanol–water partition coefficient (Wildman–Crippen LogP) is 2.88. The summed E-state index contributed by atoms with van der Waals surface area (Å²) < 4.78 is 10.1. The van der Waals surface area contributed by atoms with Gasteiger partial charge in [-0.2, -0.15) is 0 Å². The minimum Gasteiger partial charge on any atom is -0.464 e. The Balaban J connectivity index is 2.24. The van der Waals surface area contributed by atoms with Crippen LogP contribution in [0.25, 0.3) is 0 Å². The minimum atomic E-state index is -0.639. The van der Waals surface area contributed by atoms with E-state index in [0.717, 1.165) is 5.56 Å². The molecule has 0 bridgehead atoms. The molecule has 0 saturated heterocycles. The largest absolute Gasteiger partial charge is 0.464 e. The lowest BCUT2D eigenvalue weighted by atomic mass is 10.0. The molecule has 0 atom stereocenters. The van der Waals surface area contributed by atoms with E-state index < -0.39 is 11.9 Å². The Hall–Kier alpha value is -3.15. The van der Waals surface area contributed by atoms with Gasteiger partial charge in [-0.05, 0) is 24.1 Å².